The van der Waals surface area contributed by atoms with E-state index in [1.807, 2.05) is 49.6 Å². The van der Waals surface area contributed by atoms with E-state index >= 15 is 0 Å². The fraction of sp³-hybridized carbons (Fsp3) is 0.267. The zero-order chi connectivity index (χ0) is 14.5. The van der Waals surface area contributed by atoms with Gasteiger partial charge in [-0.05, 0) is 48.0 Å². The first kappa shape index (κ1) is 15.1. The fourth-order valence-corrected chi connectivity index (χ4v) is 2.77. The molecule has 0 radical (unpaired) electrons. The molecule has 0 aliphatic heterocycles. The lowest BCUT2D eigenvalue weighted by Gasteiger charge is -2.14. The number of benzene rings is 1. The van der Waals surface area contributed by atoms with Crippen molar-refractivity contribution < 1.29 is 9.53 Å². The Labute approximate surface area is 131 Å². The molecule has 1 heterocycles. The molecule has 5 heteroatoms. The molecule has 2 rings (SSSR count). The predicted molar refractivity (Wildman–Crippen MR) is 85.6 cm³/mol. The summed E-state index contributed by atoms with van der Waals surface area (Å²) in [5.41, 5.74) is 1.87. The largest absolute Gasteiger partial charge is 0.491 e. The van der Waals surface area contributed by atoms with Gasteiger partial charge in [-0.25, -0.2) is 0 Å². The zero-order valence-corrected chi connectivity index (χ0v) is 13.8. The predicted octanol–water partition coefficient (Wildman–Crippen LogP) is 4.02. The highest BCUT2D eigenvalue weighted by Crippen LogP contribution is 2.20. The molecule has 1 aromatic carbocycles. The Morgan fingerprint density at radius 2 is 2.10 bits per heavy atom. The van der Waals surface area contributed by atoms with E-state index in [1.165, 1.54) is 16.9 Å². The van der Waals surface area contributed by atoms with Gasteiger partial charge < -0.3 is 10.1 Å². The molecule has 0 aliphatic rings. The van der Waals surface area contributed by atoms with Crippen LogP contribution in [-0.2, 0) is 0 Å². The van der Waals surface area contributed by atoms with Crippen molar-refractivity contribution in [3.8, 4) is 5.75 Å². The van der Waals surface area contributed by atoms with Crippen molar-refractivity contribution in [3.63, 3.8) is 0 Å². The van der Waals surface area contributed by atoms with E-state index in [2.05, 4.69) is 21.2 Å². The van der Waals surface area contributed by atoms with Crippen molar-refractivity contribution in [3.05, 3.63) is 50.6 Å². The Kier molecular flexibility index (Phi) is 5.20. The Morgan fingerprint density at radius 3 is 2.70 bits per heavy atom. The second kappa shape index (κ2) is 6.90. The molecular formula is C15H16BrNO2S. The second-order valence-corrected chi connectivity index (χ2v) is 6.93. The van der Waals surface area contributed by atoms with Crippen LogP contribution in [0.25, 0.3) is 0 Å². The Morgan fingerprint density at radius 1 is 1.40 bits per heavy atom. The molecule has 0 aliphatic carbocycles. The second-order valence-electron chi connectivity index (χ2n) is 4.64. The van der Waals surface area contributed by atoms with Crippen molar-refractivity contribution in [1.82, 2.24) is 5.32 Å². The number of halogens is 1. The summed E-state index contributed by atoms with van der Waals surface area (Å²) in [4.78, 5) is 11.9. The molecule has 0 fully saturated rings. The summed E-state index contributed by atoms with van der Waals surface area (Å²) in [6.07, 6.45) is 0. The average molecular weight is 354 g/mol. The van der Waals surface area contributed by atoms with E-state index < -0.39 is 0 Å². The van der Waals surface area contributed by atoms with Crippen LogP contribution >= 0.6 is 27.3 Å². The van der Waals surface area contributed by atoms with Crippen LogP contribution in [-0.4, -0.2) is 18.6 Å². The summed E-state index contributed by atoms with van der Waals surface area (Å²) < 4.78 is 6.59. The fourth-order valence-electron chi connectivity index (χ4n) is 1.63. The van der Waals surface area contributed by atoms with Crippen LogP contribution in [0.3, 0.4) is 0 Å². The highest BCUT2D eigenvalue weighted by molar-refractivity contribution is 9.11. The molecule has 2 aromatic rings. The number of hydrogen-bond acceptors (Lipinski definition) is 3. The molecule has 106 valence electrons. The maximum absolute atomic E-state index is 11.9. The van der Waals surface area contributed by atoms with E-state index in [0.717, 1.165) is 9.54 Å². The molecule has 0 saturated carbocycles. The lowest BCUT2D eigenvalue weighted by Crippen LogP contribution is -2.36. The quantitative estimate of drug-likeness (QED) is 0.881. The van der Waals surface area contributed by atoms with E-state index in [-0.39, 0.29) is 11.9 Å². The lowest BCUT2D eigenvalue weighted by atomic mass is 10.2. The summed E-state index contributed by atoms with van der Waals surface area (Å²) in [6, 6.07) is 9.62. The minimum Gasteiger partial charge on any atom is -0.491 e. The molecular weight excluding hydrogens is 338 g/mol. The Balaban J connectivity index is 1.82. The van der Waals surface area contributed by atoms with Crippen LogP contribution in [0.2, 0.25) is 0 Å². The molecule has 1 atom stereocenters. The molecule has 0 spiro atoms. The lowest BCUT2D eigenvalue weighted by molar-refractivity contribution is 0.0927. The van der Waals surface area contributed by atoms with Gasteiger partial charge >= 0.3 is 0 Å². The number of amides is 1. The van der Waals surface area contributed by atoms with Gasteiger partial charge in [-0.15, -0.1) is 11.3 Å². The van der Waals surface area contributed by atoms with Crippen LogP contribution in [0.1, 0.15) is 22.8 Å². The standard InChI is InChI=1S/C15H16BrNO2S/c1-10-3-5-13(6-4-10)19-8-11(2)17-15(18)12-7-14(16)20-9-12/h3-7,9,11H,8H2,1-2H3,(H,17,18). The third-order valence-electron chi connectivity index (χ3n) is 2.73. The van der Waals surface area contributed by atoms with E-state index in [9.17, 15) is 4.79 Å². The van der Waals surface area contributed by atoms with Gasteiger partial charge in [-0.3, -0.25) is 4.79 Å². The van der Waals surface area contributed by atoms with Crippen molar-refractivity contribution in [2.75, 3.05) is 6.61 Å². The van der Waals surface area contributed by atoms with Crippen LogP contribution in [0, 0.1) is 6.92 Å². The molecule has 1 amide bonds. The van der Waals surface area contributed by atoms with Gasteiger partial charge in [0.1, 0.15) is 12.4 Å². The van der Waals surface area contributed by atoms with Gasteiger partial charge in [-0.2, -0.15) is 0 Å². The van der Waals surface area contributed by atoms with E-state index in [4.69, 9.17) is 4.74 Å². The molecule has 1 unspecified atom stereocenters. The number of carbonyl (C=O) groups excluding carboxylic acids is 1. The number of rotatable bonds is 5. The van der Waals surface area contributed by atoms with Crippen LogP contribution in [0.4, 0.5) is 0 Å². The van der Waals surface area contributed by atoms with Crippen molar-refractivity contribution in [2.45, 2.75) is 19.9 Å². The summed E-state index contributed by atoms with van der Waals surface area (Å²) in [6.45, 7) is 4.40. The highest BCUT2D eigenvalue weighted by atomic mass is 79.9. The summed E-state index contributed by atoms with van der Waals surface area (Å²) >= 11 is 4.84. The van der Waals surface area contributed by atoms with Crippen LogP contribution < -0.4 is 10.1 Å². The number of hydrogen-bond donors (Lipinski definition) is 1. The van der Waals surface area contributed by atoms with Gasteiger partial charge in [0.2, 0.25) is 0 Å². The van der Waals surface area contributed by atoms with Crippen molar-refractivity contribution in [1.29, 1.82) is 0 Å². The maximum Gasteiger partial charge on any atom is 0.252 e. The van der Waals surface area contributed by atoms with Gasteiger partial charge in [0, 0.05) is 5.38 Å². The number of carbonyl (C=O) groups is 1. The summed E-state index contributed by atoms with van der Waals surface area (Å²) in [7, 11) is 0. The topological polar surface area (TPSA) is 38.3 Å². The first-order chi connectivity index (χ1) is 9.54. The minimum atomic E-state index is -0.0769. The van der Waals surface area contributed by atoms with Crippen LogP contribution in [0.5, 0.6) is 5.75 Å². The Bertz CT molecular complexity index is 580. The van der Waals surface area contributed by atoms with Crippen molar-refractivity contribution >= 4 is 33.2 Å². The summed E-state index contributed by atoms with van der Waals surface area (Å²) in [5, 5.41) is 4.74. The van der Waals surface area contributed by atoms with Gasteiger partial charge in [0.15, 0.2) is 0 Å². The number of nitrogens with one attached hydrogen (secondary N) is 1. The molecule has 0 bridgehead atoms. The number of aryl methyl sites for hydroxylation is 1. The molecule has 20 heavy (non-hydrogen) atoms. The molecule has 0 saturated heterocycles. The summed E-state index contributed by atoms with van der Waals surface area (Å²) in [5.74, 6) is 0.738. The van der Waals surface area contributed by atoms with E-state index in [0.29, 0.717) is 12.2 Å². The number of ether oxygens (including phenoxy) is 1. The van der Waals surface area contributed by atoms with E-state index in [1.54, 1.807) is 0 Å². The van der Waals surface area contributed by atoms with Crippen molar-refractivity contribution in [2.24, 2.45) is 0 Å². The molecule has 3 nitrogen and oxygen atoms in total. The average Bonchev–Trinajstić information content (AvgIpc) is 2.85. The normalized spacial score (nSPS) is 11.9. The minimum absolute atomic E-state index is 0.0533. The first-order valence-corrected chi connectivity index (χ1v) is 7.96. The van der Waals surface area contributed by atoms with Gasteiger partial charge in [0.25, 0.3) is 5.91 Å². The zero-order valence-electron chi connectivity index (χ0n) is 11.4. The molecule has 1 aromatic heterocycles. The third kappa shape index (κ3) is 4.35. The third-order valence-corrected chi connectivity index (χ3v) is 4.23. The Hall–Kier alpha value is -1.33. The monoisotopic (exact) mass is 353 g/mol. The van der Waals surface area contributed by atoms with Crippen LogP contribution in [0.15, 0.2) is 39.5 Å². The highest BCUT2D eigenvalue weighted by Gasteiger charge is 2.11. The number of thiophene rings is 1. The smallest absolute Gasteiger partial charge is 0.252 e. The van der Waals surface area contributed by atoms with Gasteiger partial charge in [-0.1, -0.05) is 17.7 Å². The SMILES string of the molecule is Cc1ccc(OCC(C)NC(=O)c2csc(Br)c2)cc1. The molecule has 1 N–H and O–H groups in total. The first-order valence-electron chi connectivity index (χ1n) is 6.29. The maximum atomic E-state index is 11.9. The van der Waals surface area contributed by atoms with Gasteiger partial charge in [0.05, 0.1) is 15.4 Å².